The lowest BCUT2D eigenvalue weighted by atomic mass is 11.8. The Labute approximate surface area is 163 Å². The molecule has 0 N–H and O–H groups in total. The highest BCUT2D eigenvalue weighted by Gasteiger charge is 2.57. The molecule has 0 aromatic heterocycles. The summed E-state index contributed by atoms with van der Waals surface area (Å²) in [5.41, 5.74) is 0. The van der Waals surface area contributed by atoms with E-state index in [1.54, 1.807) is 0 Å². The maximum atomic E-state index is 6.66. The third-order valence-corrected chi connectivity index (χ3v) is 19.9. The highest BCUT2D eigenvalue weighted by atomic mass is 28.6. The summed E-state index contributed by atoms with van der Waals surface area (Å²) < 4.78 is 32.8. The normalized spacial score (nSPS) is 15.6. The Kier molecular flexibility index (Phi) is 8.59. The van der Waals surface area contributed by atoms with Crippen LogP contribution in [-0.4, -0.2) is 50.9 Å². The Bertz CT molecular complexity index is 390. The highest BCUT2D eigenvalue weighted by molar-refractivity contribution is 6.92. The van der Waals surface area contributed by atoms with Gasteiger partial charge in [-0.15, -0.1) is 0 Å². The van der Waals surface area contributed by atoms with Crippen LogP contribution in [0.3, 0.4) is 0 Å². The molecule has 0 rings (SSSR count). The summed E-state index contributed by atoms with van der Waals surface area (Å²) in [6.07, 6.45) is 0. The SMILES string of the molecule is C[Si](C)(C)O[Si](C)(C)O[Si](O[Si](C)(C)C)(O[Si](C)(C)C)O[Si](C)(C)C. The molecule has 0 spiro atoms. The fourth-order valence-corrected chi connectivity index (χ4v) is 23.4. The lowest BCUT2D eigenvalue weighted by Gasteiger charge is -2.45. The van der Waals surface area contributed by atoms with Gasteiger partial charge in [0, 0.05) is 0 Å². The molecule has 0 saturated carbocycles. The lowest BCUT2D eigenvalue weighted by molar-refractivity contribution is 0.135. The number of hydrogen-bond acceptors (Lipinski definition) is 5. The Morgan fingerprint density at radius 2 is 0.560 bits per heavy atom. The van der Waals surface area contributed by atoms with Gasteiger partial charge >= 0.3 is 17.6 Å². The zero-order valence-electron chi connectivity index (χ0n) is 19.0. The molecule has 0 aliphatic carbocycles. The second-order valence-electron chi connectivity index (χ2n) is 10.9. The predicted molar refractivity (Wildman–Crippen MR) is 122 cm³/mol. The van der Waals surface area contributed by atoms with Crippen molar-refractivity contribution in [1.29, 1.82) is 0 Å². The van der Waals surface area contributed by atoms with E-state index in [1.807, 2.05) is 0 Å². The Hall–Kier alpha value is 1.10. The van der Waals surface area contributed by atoms with Crippen LogP contribution in [0.1, 0.15) is 0 Å². The van der Waals surface area contributed by atoms with E-state index in [1.165, 1.54) is 0 Å². The molecule has 0 atom stereocenters. The Morgan fingerprint density at radius 3 is 0.760 bits per heavy atom. The molecule has 0 aromatic carbocycles. The van der Waals surface area contributed by atoms with Crippen molar-refractivity contribution >= 4 is 50.9 Å². The molecule has 0 bridgehead atoms. The van der Waals surface area contributed by atoms with Gasteiger partial charge in [-0.2, -0.15) is 0 Å². The van der Waals surface area contributed by atoms with Crippen LogP contribution in [-0.2, 0) is 20.6 Å². The summed E-state index contributed by atoms with van der Waals surface area (Å²) in [5.74, 6) is 0. The monoisotopic (exact) mass is 458 g/mol. The first-order valence-corrected chi connectivity index (χ1v) is 27.1. The zero-order chi connectivity index (χ0) is 20.5. The van der Waals surface area contributed by atoms with Gasteiger partial charge in [0.25, 0.3) is 0 Å². The number of rotatable bonds is 10. The maximum Gasteiger partial charge on any atom is 0.638 e. The Balaban J connectivity index is 5.96. The van der Waals surface area contributed by atoms with Gasteiger partial charge < -0.3 is 20.6 Å². The third-order valence-electron chi connectivity index (χ3n) is 2.22. The van der Waals surface area contributed by atoms with Crippen molar-refractivity contribution in [2.75, 3.05) is 0 Å². The van der Waals surface area contributed by atoms with Gasteiger partial charge in [-0.3, -0.25) is 0 Å². The summed E-state index contributed by atoms with van der Waals surface area (Å²) in [6, 6.07) is 0. The van der Waals surface area contributed by atoms with E-state index in [9.17, 15) is 0 Å². The van der Waals surface area contributed by atoms with Gasteiger partial charge in [-0.25, -0.2) is 0 Å². The smallest absolute Gasteiger partial charge is 0.437 e. The van der Waals surface area contributed by atoms with Gasteiger partial charge in [0.15, 0.2) is 33.3 Å². The van der Waals surface area contributed by atoms with Crippen molar-refractivity contribution in [1.82, 2.24) is 0 Å². The molecule has 152 valence electrons. The fraction of sp³-hybridized carbons (Fsp3) is 1.00. The largest absolute Gasteiger partial charge is 0.638 e. The molecule has 25 heavy (non-hydrogen) atoms. The molecule has 0 heterocycles. The van der Waals surface area contributed by atoms with Gasteiger partial charge in [-0.1, -0.05) is 0 Å². The first-order valence-electron chi connectivity index (χ1n) is 9.04. The van der Waals surface area contributed by atoms with Crippen molar-refractivity contribution in [3.63, 3.8) is 0 Å². The van der Waals surface area contributed by atoms with Crippen LogP contribution in [0.5, 0.6) is 0 Å². The van der Waals surface area contributed by atoms with Gasteiger partial charge in [0.1, 0.15) is 0 Å². The predicted octanol–water partition coefficient (Wildman–Crippen LogP) is 5.55. The molecule has 0 fully saturated rings. The van der Waals surface area contributed by atoms with Crippen molar-refractivity contribution in [3.05, 3.63) is 0 Å². The van der Waals surface area contributed by atoms with E-state index in [0.29, 0.717) is 0 Å². The molecular weight excluding hydrogens is 417 g/mol. The van der Waals surface area contributed by atoms with E-state index in [2.05, 4.69) is 91.7 Å². The minimum atomic E-state index is -3.29. The summed E-state index contributed by atoms with van der Waals surface area (Å²) >= 11 is 0. The molecule has 0 aliphatic rings. The van der Waals surface area contributed by atoms with E-state index < -0.39 is 50.9 Å². The maximum absolute atomic E-state index is 6.66. The van der Waals surface area contributed by atoms with Crippen molar-refractivity contribution < 1.29 is 20.6 Å². The fourth-order valence-electron chi connectivity index (χ4n) is 2.31. The minimum absolute atomic E-state index is 1.74. The molecule has 0 aliphatic heterocycles. The van der Waals surface area contributed by atoms with Crippen LogP contribution in [0.2, 0.25) is 91.7 Å². The topological polar surface area (TPSA) is 46.2 Å². The van der Waals surface area contributed by atoms with E-state index in [4.69, 9.17) is 20.6 Å². The molecule has 0 unspecified atom stereocenters. The van der Waals surface area contributed by atoms with Crippen LogP contribution < -0.4 is 0 Å². The van der Waals surface area contributed by atoms with Crippen molar-refractivity contribution in [2.24, 2.45) is 0 Å². The van der Waals surface area contributed by atoms with Crippen LogP contribution in [0, 0.1) is 0 Å². The minimum Gasteiger partial charge on any atom is -0.437 e. The molecule has 5 nitrogen and oxygen atoms in total. The van der Waals surface area contributed by atoms with Gasteiger partial charge in [0.05, 0.1) is 0 Å². The second kappa shape index (κ2) is 8.23. The number of hydrogen-bond donors (Lipinski definition) is 0. The molecule has 0 radical (unpaired) electrons. The molecule has 0 aromatic rings. The quantitative estimate of drug-likeness (QED) is 0.402. The van der Waals surface area contributed by atoms with Crippen molar-refractivity contribution in [3.8, 4) is 0 Å². The average molecular weight is 459 g/mol. The second-order valence-corrected chi connectivity index (χ2v) is 35.6. The molecule has 11 heteroatoms. The lowest BCUT2D eigenvalue weighted by Crippen LogP contribution is -2.66. The van der Waals surface area contributed by atoms with Crippen LogP contribution in [0.4, 0.5) is 0 Å². The molecular formula is C14H42O5Si6. The average Bonchev–Trinajstić information content (AvgIpc) is 1.97. The highest BCUT2D eigenvalue weighted by Crippen LogP contribution is 2.30. The zero-order valence-corrected chi connectivity index (χ0v) is 25.0. The van der Waals surface area contributed by atoms with E-state index >= 15 is 0 Å². The molecule has 0 saturated heterocycles. The summed E-state index contributed by atoms with van der Waals surface area (Å²) in [6.45, 7) is 30.2. The Morgan fingerprint density at radius 1 is 0.320 bits per heavy atom. The summed E-state index contributed by atoms with van der Waals surface area (Å²) in [5, 5.41) is 0. The summed E-state index contributed by atoms with van der Waals surface area (Å²) in [7, 11) is -13.3. The summed E-state index contributed by atoms with van der Waals surface area (Å²) in [4.78, 5) is 0. The standard InChI is InChI=1S/C14H42O5Si6/c1-20(2,3)15-24(13,14)19-25(16-21(4,5)6,17-22(7,8)9)18-23(10,11)12/h1-14H3. The van der Waals surface area contributed by atoms with Crippen LogP contribution in [0.15, 0.2) is 0 Å². The molecule has 0 amide bonds. The van der Waals surface area contributed by atoms with Crippen molar-refractivity contribution in [2.45, 2.75) is 91.7 Å². The van der Waals surface area contributed by atoms with E-state index in [-0.39, 0.29) is 0 Å². The van der Waals surface area contributed by atoms with Gasteiger partial charge in [0.2, 0.25) is 0 Å². The van der Waals surface area contributed by atoms with E-state index in [0.717, 1.165) is 0 Å². The first-order chi connectivity index (χ1) is 10.5. The van der Waals surface area contributed by atoms with Crippen LogP contribution >= 0.6 is 0 Å². The van der Waals surface area contributed by atoms with Crippen LogP contribution in [0.25, 0.3) is 0 Å². The van der Waals surface area contributed by atoms with Gasteiger partial charge in [-0.05, 0) is 91.7 Å². The third kappa shape index (κ3) is 13.8. The first kappa shape index (κ1) is 26.1.